The summed E-state index contributed by atoms with van der Waals surface area (Å²) in [6.45, 7) is 3.69. The van der Waals surface area contributed by atoms with Gasteiger partial charge in [0.15, 0.2) is 0 Å². The first-order valence-corrected chi connectivity index (χ1v) is 5.08. The minimum atomic E-state index is 0.559. The van der Waals surface area contributed by atoms with Gasteiger partial charge in [-0.1, -0.05) is 6.58 Å². The van der Waals surface area contributed by atoms with Gasteiger partial charge in [-0.15, -0.1) is 0 Å². The summed E-state index contributed by atoms with van der Waals surface area (Å²) in [6, 6.07) is 0. The molecule has 72 valence electrons. The molecule has 2 heteroatoms. The number of fused-ring (bicyclic) bond motifs is 1. The molecule has 1 aliphatic carbocycles. The fourth-order valence-corrected chi connectivity index (χ4v) is 2.20. The molecule has 0 amide bonds. The first kappa shape index (κ1) is 8.95. The largest absolute Gasteiger partial charge is 0.370 e. The molecule has 0 bridgehead atoms. The molecule has 0 aromatic carbocycles. The van der Waals surface area contributed by atoms with Crippen LogP contribution in [0.25, 0.3) is 0 Å². The zero-order valence-corrected chi connectivity index (χ0v) is 7.87. The Morgan fingerprint density at radius 1 is 1.46 bits per heavy atom. The van der Waals surface area contributed by atoms with E-state index >= 15 is 0 Å². The Balaban J connectivity index is 1.69. The molecule has 3 unspecified atom stereocenters. The van der Waals surface area contributed by atoms with Crippen LogP contribution >= 0.6 is 0 Å². The van der Waals surface area contributed by atoms with Crippen molar-refractivity contribution < 1.29 is 9.53 Å². The standard InChI is InChI=1S/C11H16O2/c1-8(7-12)2-3-9-4-5-10-11(6-9)13-10/h7,9-11H,1-6H2. The van der Waals surface area contributed by atoms with Gasteiger partial charge >= 0.3 is 0 Å². The number of aldehydes is 1. The number of hydrogen-bond acceptors (Lipinski definition) is 2. The Bertz CT molecular complexity index is 222. The Morgan fingerprint density at radius 2 is 2.31 bits per heavy atom. The summed E-state index contributed by atoms with van der Waals surface area (Å²) in [7, 11) is 0. The number of carbonyl (C=O) groups excluding carboxylic acids is 1. The second-order valence-corrected chi connectivity index (χ2v) is 4.21. The third kappa shape index (κ3) is 2.19. The molecule has 2 fully saturated rings. The minimum Gasteiger partial charge on any atom is -0.370 e. The van der Waals surface area contributed by atoms with Crippen molar-refractivity contribution in [3.63, 3.8) is 0 Å². The van der Waals surface area contributed by atoms with E-state index in [2.05, 4.69) is 6.58 Å². The minimum absolute atomic E-state index is 0.559. The highest BCUT2D eigenvalue weighted by molar-refractivity contribution is 5.71. The summed E-state index contributed by atoms with van der Waals surface area (Å²) < 4.78 is 5.45. The van der Waals surface area contributed by atoms with Gasteiger partial charge in [0.05, 0.1) is 12.2 Å². The predicted molar refractivity (Wildman–Crippen MR) is 50.4 cm³/mol. The van der Waals surface area contributed by atoms with Crippen LogP contribution < -0.4 is 0 Å². The number of allylic oxidation sites excluding steroid dienone is 1. The first-order chi connectivity index (χ1) is 6.29. The monoisotopic (exact) mass is 180 g/mol. The molecular weight excluding hydrogens is 164 g/mol. The first-order valence-electron chi connectivity index (χ1n) is 5.08. The average molecular weight is 180 g/mol. The molecular formula is C11H16O2. The van der Waals surface area contributed by atoms with Crippen molar-refractivity contribution in [1.82, 2.24) is 0 Å². The van der Waals surface area contributed by atoms with E-state index in [1.807, 2.05) is 0 Å². The molecule has 1 heterocycles. The van der Waals surface area contributed by atoms with Gasteiger partial charge in [-0.3, -0.25) is 4.79 Å². The topological polar surface area (TPSA) is 29.6 Å². The molecule has 1 saturated carbocycles. The second kappa shape index (κ2) is 3.62. The molecule has 2 aliphatic rings. The summed E-state index contributed by atoms with van der Waals surface area (Å²) >= 11 is 0. The van der Waals surface area contributed by atoms with Crippen molar-refractivity contribution in [1.29, 1.82) is 0 Å². The highest BCUT2D eigenvalue weighted by Crippen LogP contribution is 2.41. The highest BCUT2D eigenvalue weighted by Gasteiger charge is 2.43. The van der Waals surface area contributed by atoms with Gasteiger partial charge in [-0.25, -0.2) is 0 Å². The lowest BCUT2D eigenvalue weighted by molar-refractivity contribution is -0.105. The number of epoxide rings is 1. The van der Waals surface area contributed by atoms with Crippen LogP contribution in [-0.4, -0.2) is 18.5 Å². The smallest absolute Gasteiger partial charge is 0.145 e. The van der Waals surface area contributed by atoms with Crippen LogP contribution in [-0.2, 0) is 9.53 Å². The van der Waals surface area contributed by atoms with Gasteiger partial charge in [0, 0.05) is 0 Å². The molecule has 0 spiro atoms. The summed E-state index contributed by atoms with van der Waals surface area (Å²) in [5.41, 5.74) is 0.735. The van der Waals surface area contributed by atoms with Crippen LogP contribution in [0, 0.1) is 5.92 Å². The molecule has 2 rings (SSSR count). The summed E-state index contributed by atoms with van der Waals surface area (Å²) in [5, 5.41) is 0. The van der Waals surface area contributed by atoms with Crippen LogP contribution in [0.1, 0.15) is 32.1 Å². The third-order valence-corrected chi connectivity index (χ3v) is 3.15. The normalized spacial score (nSPS) is 36.5. The average Bonchev–Trinajstić information content (AvgIpc) is 2.91. The van der Waals surface area contributed by atoms with Crippen molar-refractivity contribution in [3.05, 3.63) is 12.2 Å². The van der Waals surface area contributed by atoms with E-state index < -0.39 is 0 Å². The molecule has 0 aromatic heterocycles. The molecule has 3 atom stereocenters. The van der Waals surface area contributed by atoms with Crippen LogP contribution in [0.2, 0.25) is 0 Å². The van der Waals surface area contributed by atoms with E-state index in [1.54, 1.807) is 0 Å². The van der Waals surface area contributed by atoms with E-state index in [4.69, 9.17) is 4.74 Å². The van der Waals surface area contributed by atoms with Gasteiger partial charge in [-0.05, 0) is 43.6 Å². The maximum Gasteiger partial charge on any atom is 0.145 e. The van der Waals surface area contributed by atoms with Gasteiger partial charge in [0.1, 0.15) is 6.29 Å². The lowest BCUT2D eigenvalue weighted by atomic mass is 9.85. The number of hydrogen-bond donors (Lipinski definition) is 0. The van der Waals surface area contributed by atoms with Crippen LogP contribution in [0.15, 0.2) is 12.2 Å². The fraction of sp³-hybridized carbons (Fsp3) is 0.727. The van der Waals surface area contributed by atoms with Gasteiger partial charge < -0.3 is 4.74 Å². The van der Waals surface area contributed by atoms with Crippen LogP contribution in [0.4, 0.5) is 0 Å². The molecule has 0 radical (unpaired) electrons. The van der Waals surface area contributed by atoms with Gasteiger partial charge in [-0.2, -0.15) is 0 Å². The van der Waals surface area contributed by atoms with Crippen LogP contribution in [0.3, 0.4) is 0 Å². The van der Waals surface area contributed by atoms with Crippen molar-refractivity contribution in [3.8, 4) is 0 Å². The van der Waals surface area contributed by atoms with Crippen molar-refractivity contribution in [2.75, 3.05) is 0 Å². The third-order valence-electron chi connectivity index (χ3n) is 3.15. The SMILES string of the molecule is C=C(C=O)CCC1CCC2OC2C1. The Labute approximate surface area is 79.0 Å². The summed E-state index contributed by atoms with van der Waals surface area (Å²) in [5.74, 6) is 0.764. The maximum absolute atomic E-state index is 10.3. The molecule has 1 saturated heterocycles. The van der Waals surface area contributed by atoms with E-state index in [0.29, 0.717) is 12.2 Å². The Morgan fingerprint density at radius 3 is 3.00 bits per heavy atom. The van der Waals surface area contributed by atoms with E-state index in [-0.39, 0.29) is 0 Å². The molecule has 0 N–H and O–H groups in total. The molecule has 13 heavy (non-hydrogen) atoms. The maximum atomic E-state index is 10.3. The molecule has 0 aromatic rings. The zero-order chi connectivity index (χ0) is 9.26. The number of carbonyl (C=O) groups is 1. The Kier molecular flexibility index (Phi) is 2.49. The van der Waals surface area contributed by atoms with Crippen molar-refractivity contribution in [2.45, 2.75) is 44.3 Å². The molecule has 2 nitrogen and oxygen atoms in total. The highest BCUT2D eigenvalue weighted by atomic mass is 16.6. The lowest BCUT2D eigenvalue weighted by Crippen LogP contribution is -2.13. The van der Waals surface area contributed by atoms with Crippen molar-refractivity contribution in [2.24, 2.45) is 5.92 Å². The second-order valence-electron chi connectivity index (χ2n) is 4.21. The van der Waals surface area contributed by atoms with Gasteiger partial charge in [0.2, 0.25) is 0 Å². The van der Waals surface area contributed by atoms with Gasteiger partial charge in [0.25, 0.3) is 0 Å². The van der Waals surface area contributed by atoms with Crippen LogP contribution in [0.5, 0.6) is 0 Å². The summed E-state index contributed by atoms with van der Waals surface area (Å²) in [4.78, 5) is 10.3. The number of ether oxygens (including phenoxy) is 1. The molecule has 1 aliphatic heterocycles. The summed E-state index contributed by atoms with van der Waals surface area (Å²) in [6.07, 6.45) is 7.70. The van der Waals surface area contributed by atoms with Crippen molar-refractivity contribution >= 4 is 6.29 Å². The van der Waals surface area contributed by atoms with E-state index in [9.17, 15) is 4.79 Å². The van der Waals surface area contributed by atoms with E-state index in [1.165, 1.54) is 19.3 Å². The predicted octanol–water partition coefficient (Wildman–Crippen LogP) is 2.09. The lowest BCUT2D eigenvalue weighted by Gasteiger charge is -2.18. The quantitative estimate of drug-likeness (QED) is 0.376. The zero-order valence-electron chi connectivity index (χ0n) is 7.87. The number of rotatable bonds is 4. The fourth-order valence-electron chi connectivity index (χ4n) is 2.20. The van der Waals surface area contributed by atoms with E-state index in [0.717, 1.165) is 30.6 Å². The Hall–Kier alpha value is -0.630.